The topological polar surface area (TPSA) is 196 Å². The molecule has 2 fully saturated rings. The van der Waals surface area contributed by atoms with Crippen molar-refractivity contribution >= 4 is 23.8 Å². The van der Waals surface area contributed by atoms with Crippen molar-refractivity contribution in [3.8, 4) is 33.4 Å². The zero-order chi connectivity index (χ0) is 59.1. The number of carbonyl (C=O) groups excluding carboxylic acids is 2. The van der Waals surface area contributed by atoms with Crippen LogP contribution in [0.5, 0.6) is 0 Å². The van der Waals surface area contributed by atoms with E-state index >= 15 is 0 Å². The van der Waals surface area contributed by atoms with Crippen LogP contribution in [-0.4, -0.2) is 96.4 Å². The van der Waals surface area contributed by atoms with Crippen molar-refractivity contribution in [1.29, 1.82) is 0 Å². The molecule has 6 aromatic rings. The number of amides is 2. The van der Waals surface area contributed by atoms with Crippen molar-refractivity contribution < 1.29 is 38.2 Å². The van der Waals surface area contributed by atoms with Gasteiger partial charge in [0.25, 0.3) is 11.1 Å². The van der Waals surface area contributed by atoms with Crippen LogP contribution in [0.25, 0.3) is 33.4 Å². The molecule has 6 atom stereocenters. The van der Waals surface area contributed by atoms with Gasteiger partial charge >= 0.3 is 11.9 Å². The summed E-state index contributed by atoms with van der Waals surface area (Å²) in [6.07, 6.45) is 5.04. The summed E-state index contributed by atoms with van der Waals surface area (Å²) >= 11 is 0. The van der Waals surface area contributed by atoms with Gasteiger partial charge in [-0.3, -0.25) is 43.6 Å². The van der Waals surface area contributed by atoms with Crippen LogP contribution in [0, 0.1) is 39.5 Å². The van der Waals surface area contributed by atoms with E-state index in [1.54, 1.807) is 43.0 Å². The highest BCUT2D eigenvalue weighted by atomic mass is 19.1. The first kappa shape index (κ1) is 60.5. The minimum atomic E-state index is -1.15. The Morgan fingerprint density at radius 1 is 0.610 bits per heavy atom. The number of pyridine rings is 3. The molecule has 0 saturated carbocycles. The zero-order valence-corrected chi connectivity index (χ0v) is 48.3. The van der Waals surface area contributed by atoms with E-state index in [1.807, 2.05) is 114 Å². The van der Waals surface area contributed by atoms with Gasteiger partial charge in [-0.25, -0.2) is 8.78 Å². The Kier molecular flexibility index (Phi) is 19.6. The van der Waals surface area contributed by atoms with E-state index in [4.69, 9.17) is 0 Å². The molecule has 2 saturated heterocycles. The first-order valence-electron chi connectivity index (χ1n) is 28.5. The van der Waals surface area contributed by atoms with Crippen molar-refractivity contribution in [3.05, 3.63) is 169 Å². The van der Waals surface area contributed by atoms with Crippen molar-refractivity contribution in [2.24, 2.45) is 11.8 Å². The number of aryl methyl sites for hydroxylation is 3. The molecule has 0 aliphatic carbocycles. The Bertz CT molecular complexity index is 3430. The summed E-state index contributed by atoms with van der Waals surface area (Å²) in [7, 11) is 0. The van der Waals surface area contributed by atoms with Gasteiger partial charge in [0, 0.05) is 81.8 Å². The van der Waals surface area contributed by atoms with Crippen molar-refractivity contribution in [1.82, 2.24) is 34.6 Å². The molecular formula is C65H77F2N7O8. The van der Waals surface area contributed by atoms with E-state index in [9.17, 15) is 47.8 Å². The van der Waals surface area contributed by atoms with Crippen LogP contribution in [0.1, 0.15) is 135 Å². The number of hydrogen-bond donors (Lipinski definition) is 4. The molecule has 2 aliphatic rings. The van der Waals surface area contributed by atoms with Gasteiger partial charge in [-0.1, -0.05) is 82.3 Å². The number of carboxylic acids is 2. The van der Waals surface area contributed by atoms with Crippen LogP contribution in [0.2, 0.25) is 0 Å². The largest absolute Gasteiger partial charge is 0.481 e. The quantitative estimate of drug-likeness (QED) is 0.0477. The summed E-state index contributed by atoms with van der Waals surface area (Å²) < 4.78 is 31.8. The van der Waals surface area contributed by atoms with Gasteiger partial charge in [-0.2, -0.15) is 0 Å². The monoisotopic (exact) mass is 1120 g/mol. The lowest BCUT2D eigenvalue weighted by atomic mass is 9.87. The van der Waals surface area contributed by atoms with Crippen LogP contribution in [0.3, 0.4) is 0 Å². The van der Waals surface area contributed by atoms with Gasteiger partial charge in [0.2, 0.25) is 11.8 Å². The number of aromatic nitrogens is 3. The number of carboxylic acid groups (broad SMARTS) is 2. The highest BCUT2D eigenvalue weighted by Gasteiger charge is 2.32. The average molecular weight is 1120 g/mol. The predicted molar refractivity (Wildman–Crippen MR) is 314 cm³/mol. The lowest BCUT2D eigenvalue weighted by Gasteiger charge is -2.27. The van der Waals surface area contributed by atoms with E-state index in [2.05, 4.69) is 15.6 Å². The van der Waals surface area contributed by atoms with Gasteiger partial charge in [-0.05, 0) is 150 Å². The SMILES string of the molecule is Cc1cccc(C)c1-c1cncc([C@H](CC(=O)O)NC(=O)[C@H](CC(C)C)n2cc(CN3CC[C@@H](F)C3)c(-c3ccc(C)c(-c4cccc([C@H](CC(=O)O)NC(=O)[C@H](CC(C)C)n5cc(CN6CC[C@@H](F)C6)ccc5=O)c4)c3C)cc2=O)c1. The second-order valence-corrected chi connectivity index (χ2v) is 23.4. The normalized spacial score (nSPS) is 17.2. The van der Waals surface area contributed by atoms with Crippen LogP contribution in [0.4, 0.5) is 8.78 Å². The average Bonchev–Trinajstić information content (AvgIpc) is 4.04. The molecule has 5 heterocycles. The van der Waals surface area contributed by atoms with Gasteiger partial charge in [-0.15, -0.1) is 0 Å². The third kappa shape index (κ3) is 14.7. The van der Waals surface area contributed by atoms with E-state index in [0.29, 0.717) is 65.9 Å². The number of hydrogen-bond acceptors (Lipinski definition) is 9. The molecule has 0 radical (unpaired) electrons. The van der Waals surface area contributed by atoms with Crippen molar-refractivity contribution in [2.45, 2.75) is 144 Å². The Morgan fingerprint density at radius 3 is 1.73 bits per heavy atom. The fourth-order valence-corrected chi connectivity index (χ4v) is 12.0. The molecule has 2 amide bonds. The molecule has 3 aromatic carbocycles. The summed E-state index contributed by atoms with van der Waals surface area (Å²) in [4.78, 5) is 91.0. The van der Waals surface area contributed by atoms with Gasteiger partial charge < -0.3 is 30.0 Å². The molecule has 0 spiro atoms. The summed E-state index contributed by atoms with van der Waals surface area (Å²) in [5, 5.41) is 26.4. The maximum absolute atomic E-state index is 14.9. The maximum Gasteiger partial charge on any atom is 0.305 e. The zero-order valence-electron chi connectivity index (χ0n) is 48.3. The number of nitrogens with one attached hydrogen (secondary N) is 2. The molecule has 17 heteroatoms. The molecule has 0 unspecified atom stereocenters. The molecule has 82 heavy (non-hydrogen) atoms. The molecule has 15 nitrogen and oxygen atoms in total. The highest BCUT2D eigenvalue weighted by Crippen LogP contribution is 2.38. The fourth-order valence-electron chi connectivity index (χ4n) is 12.0. The molecule has 4 N–H and O–H groups in total. The molecule has 8 rings (SSSR count). The second kappa shape index (κ2) is 26.5. The molecular weight excluding hydrogens is 1040 g/mol. The summed E-state index contributed by atoms with van der Waals surface area (Å²) in [6.45, 7) is 17.8. The van der Waals surface area contributed by atoms with Crippen LogP contribution in [-0.2, 0) is 32.3 Å². The highest BCUT2D eigenvalue weighted by molar-refractivity contribution is 5.85. The van der Waals surface area contributed by atoms with E-state index < -0.39 is 84.2 Å². The number of nitrogens with zero attached hydrogens (tertiary/aromatic N) is 5. The number of alkyl halides is 2. The number of halogens is 2. The Hall–Kier alpha value is -7.63. The first-order chi connectivity index (χ1) is 39.0. The third-order valence-corrected chi connectivity index (χ3v) is 15.9. The molecule has 2 aliphatic heterocycles. The minimum Gasteiger partial charge on any atom is -0.481 e. The van der Waals surface area contributed by atoms with Crippen LogP contribution >= 0.6 is 0 Å². The fraction of sp³-hybridized carbons (Fsp3) is 0.431. The number of benzene rings is 3. The van der Waals surface area contributed by atoms with Crippen molar-refractivity contribution in [3.63, 3.8) is 0 Å². The smallest absolute Gasteiger partial charge is 0.305 e. The Labute approximate surface area is 478 Å². The molecule has 0 bridgehead atoms. The minimum absolute atomic E-state index is 0.0219. The third-order valence-electron chi connectivity index (χ3n) is 15.9. The predicted octanol–water partition coefficient (Wildman–Crippen LogP) is 10.6. The standard InChI is InChI=1S/C65H77F2N7O8/c1-38(2)23-56(73-33-44(16-18-58(73)75)32-71-21-19-50(66)36-71)64(81)69-54(28-60(77)78)45-13-10-14-46(25-45)63-42(7)15-17-52(43(63)8)53-27-59(76)74(35-49(53)34-72-22-20-51(67)37-72)57(24-39(3)4)65(82)70-55(29-61(79)80)47-26-48(31-68-30-47)62-40(5)11-9-12-41(62)6/h9-18,25-27,30-31,33,35,38-39,50-51,54-57H,19-24,28-29,32,34,36-37H2,1-8H3,(H,69,81)(H,70,82)(H,77,78)(H,79,80)/t50-,51-,54+,55+,56+,57+/m1/s1. The number of aliphatic carboxylic acids is 2. The number of carbonyl (C=O) groups is 4. The Morgan fingerprint density at radius 2 is 1.16 bits per heavy atom. The van der Waals surface area contributed by atoms with Gasteiger partial charge in [0.05, 0.1) is 24.9 Å². The number of rotatable bonds is 23. The van der Waals surface area contributed by atoms with Gasteiger partial charge in [0.1, 0.15) is 24.4 Å². The lowest BCUT2D eigenvalue weighted by molar-refractivity contribution is -0.139. The number of likely N-dealkylation sites (tertiary alicyclic amines) is 2. The summed E-state index contributed by atoms with van der Waals surface area (Å²) in [5.41, 5.74) is 9.79. The van der Waals surface area contributed by atoms with E-state index in [-0.39, 0.29) is 44.3 Å². The summed E-state index contributed by atoms with van der Waals surface area (Å²) in [6, 6.07) is 19.5. The molecule has 434 valence electrons. The molecule has 3 aromatic heterocycles. The first-order valence-corrected chi connectivity index (χ1v) is 28.5. The van der Waals surface area contributed by atoms with Gasteiger partial charge in [0.15, 0.2) is 0 Å². The van der Waals surface area contributed by atoms with Crippen LogP contribution in [0.15, 0.2) is 113 Å². The second-order valence-electron chi connectivity index (χ2n) is 23.4. The Balaban J connectivity index is 1.14. The lowest BCUT2D eigenvalue weighted by Crippen LogP contribution is -2.40. The summed E-state index contributed by atoms with van der Waals surface area (Å²) in [5.74, 6) is -3.44. The van der Waals surface area contributed by atoms with Crippen LogP contribution < -0.4 is 21.8 Å². The van der Waals surface area contributed by atoms with E-state index in [0.717, 1.165) is 44.5 Å². The maximum atomic E-state index is 14.9. The van der Waals surface area contributed by atoms with E-state index in [1.165, 1.54) is 21.3 Å². The van der Waals surface area contributed by atoms with Crippen molar-refractivity contribution in [2.75, 3.05) is 26.2 Å².